The first-order valence-electron chi connectivity index (χ1n) is 24.3. The zero-order valence-electron chi connectivity index (χ0n) is 52.3. The number of carbonyl (C=O) groups is 4. The van der Waals surface area contributed by atoms with Crippen LogP contribution in [0.5, 0.6) is 0 Å². The van der Waals surface area contributed by atoms with Crippen molar-refractivity contribution in [3.8, 4) is 0 Å². The molecule has 0 aromatic rings. The average Bonchev–Trinajstić information content (AvgIpc) is 3.43. The topological polar surface area (TPSA) is 314 Å². The smallest absolute Gasteiger partial charge is 0.481 e. The summed E-state index contributed by atoms with van der Waals surface area (Å²) in [5.74, 6) is -4.57. The van der Waals surface area contributed by atoms with Gasteiger partial charge in [-0.05, 0) is 79.7 Å². The van der Waals surface area contributed by atoms with Crippen LogP contribution >= 0.6 is 0 Å². The van der Waals surface area contributed by atoms with Crippen molar-refractivity contribution in [1.82, 2.24) is 0 Å². The standard InChI is InChI=1S/C12H22O6Si.3C7H18O4Si.3C6H8O3/c1-10(2)12(13)17-11(3)18-19(15-5,16-6)9-7-8-14-4;3*1-8-6-5-7-12(9-2,10-3)11-4;3*1-4(2)6(8)9-5(3)7/h1,3,7-9H2,2,4-6H3;3*5-7H2,1-4H3;3*7H,1,3H2,2H3. The summed E-state index contributed by atoms with van der Waals surface area (Å²) in [5.41, 5.74) is 0.937. The summed E-state index contributed by atoms with van der Waals surface area (Å²) in [5, 5.41) is 24.9. The first kappa shape index (κ1) is 91.0. The van der Waals surface area contributed by atoms with E-state index in [4.69, 9.17) is 92.1 Å². The Morgan fingerprint density at radius 2 is 0.476 bits per heavy atom. The molecule has 0 amide bonds. The molecule has 0 aliphatic rings. The third-order valence-electron chi connectivity index (χ3n) is 9.25. The van der Waals surface area contributed by atoms with Gasteiger partial charge in [-0.1, -0.05) is 26.3 Å². The lowest BCUT2D eigenvalue weighted by Gasteiger charge is -2.27. The highest BCUT2D eigenvalue weighted by atomic mass is 28.4. The zero-order valence-corrected chi connectivity index (χ0v) is 56.3. The van der Waals surface area contributed by atoms with Gasteiger partial charge >= 0.3 is 59.1 Å². The molecule has 0 spiro atoms. The fourth-order valence-corrected chi connectivity index (χ4v) is 11.7. The molecule has 0 heterocycles. The third kappa shape index (κ3) is 52.1. The number of aliphatic hydroxyl groups excluding tert-OH is 3. The van der Waals surface area contributed by atoms with Crippen LogP contribution < -0.4 is 0 Å². The number of carbonyl (C=O) groups excluding carboxylic acids is 4. The van der Waals surface area contributed by atoms with Gasteiger partial charge in [0.05, 0.1) is 0 Å². The van der Waals surface area contributed by atoms with Gasteiger partial charge in [-0.2, -0.15) is 0 Å². The molecule has 82 heavy (non-hydrogen) atoms. The first-order chi connectivity index (χ1) is 38.2. The second-order valence-electron chi connectivity index (χ2n) is 15.7. The molecule has 0 aliphatic carbocycles. The van der Waals surface area contributed by atoms with E-state index >= 15 is 0 Å². The normalized spacial score (nSPS) is 10.5. The summed E-state index contributed by atoms with van der Waals surface area (Å²) in [6, 6.07) is 2.91. The maximum absolute atomic E-state index is 11.3. The molecule has 0 atom stereocenters. The quantitative estimate of drug-likeness (QED) is 0.0133. The van der Waals surface area contributed by atoms with E-state index in [1.165, 1.54) is 41.9 Å². The van der Waals surface area contributed by atoms with Gasteiger partial charge in [0.25, 0.3) is 23.8 Å². The van der Waals surface area contributed by atoms with Crippen molar-refractivity contribution in [2.45, 2.75) is 77.6 Å². The minimum absolute atomic E-state index is 0.152. The fraction of sp³-hybridized carbons (Fsp3) is 0.608. The maximum Gasteiger partial charge on any atom is 0.567 e. The summed E-state index contributed by atoms with van der Waals surface area (Å²) in [7, 11) is 14.2. The highest BCUT2D eigenvalue weighted by Crippen LogP contribution is 2.21. The van der Waals surface area contributed by atoms with Crippen LogP contribution in [-0.4, -0.2) is 207 Å². The number of aliphatic hydroxyl groups is 3. The van der Waals surface area contributed by atoms with Gasteiger partial charge in [-0.15, -0.1) is 0 Å². The predicted octanol–water partition coefficient (Wildman–Crippen LogP) is 7.97. The van der Waals surface area contributed by atoms with E-state index in [1.54, 1.807) is 92.4 Å². The third-order valence-corrected chi connectivity index (χ3v) is 20.5. The molecule has 0 saturated carbocycles. The molecule has 27 nitrogen and oxygen atoms in total. The number of ether oxygens (including phenoxy) is 8. The Morgan fingerprint density at radius 1 is 0.305 bits per heavy atom. The van der Waals surface area contributed by atoms with Crippen LogP contribution in [0, 0.1) is 0 Å². The zero-order chi connectivity index (χ0) is 65.6. The van der Waals surface area contributed by atoms with Crippen LogP contribution in [-0.2, 0) is 110 Å². The van der Waals surface area contributed by atoms with Crippen molar-refractivity contribution >= 4 is 59.1 Å². The van der Waals surface area contributed by atoms with Crippen molar-refractivity contribution in [3.63, 3.8) is 0 Å². The largest absolute Gasteiger partial charge is 0.567 e. The summed E-state index contributed by atoms with van der Waals surface area (Å²) < 4.78 is 100. The molecule has 0 saturated heterocycles. The van der Waals surface area contributed by atoms with E-state index in [0.717, 1.165) is 37.4 Å². The van der Waals surface area contributed by atoms with E-state index in [2.05, 4.69) is 66.8 Å². The van der Waals surface area contributed by atoms with Crippen molar-refractivity contribution in [2.75, 3.05) is 133 Å². The molecule has 0 rings (SSSR count). The number of hydrogen-bond donors (Lipinski definition) is 3. The van der Waals surface area contributed by atoms with Crippen LogP contribution in [0.25, 0.3) is 0 Å². The number of hydrogen-bond acceptors (Lipinski definition) is 27. The fourth-order valence-electron chi connectivity index (χ4n) is 4.79. The highest BCUT2D eigenvalue weighted by molar-refractivity contribution is 6.61. The van der Waals surface area contributed by atoms with Crippen molar-refractivity contribution in [2.24, 2.45) is 0 Å². The first-order valence-corrected chi connectivity index (χ1v) is 32.0. The Bertz CT molecular complexity index is 1640. The molecule has 31 heteroatoms. The second kappa shape index (κ2) is 56.7. The molecule has 0 bridgehead atoms. The molecular formula is C51H100O27Si4. The van der Waals surface area contributed by atoms with Crippen LogP contribution in [0.1, 0.15) is 53.4 Å². The van der Waals surface area contributed by atoms with Gasteiger partial charge in [0.1, 0.15) is 0 Å². The minimum atomic E-state index is -2.93. The second-order valence-corrected chi connectivity index (χ2v) is 27.9. The van der Waals surface area contributed by atoms with E-state index in [9.17, 15) is 19.2 Å². The van der Waals surface area contributed by atoms with E-state index in [-0.39, 0.29) is 28.2 Å². The van der Waals surface area contributed by atoms with Crippen LogP contribution in [0.3, 0.4) is 0 Å². The summed E-state index contributed by atoms with van der Waals surface area (Å²) >= 11 is 0. The van der Waals surface area contributed by atoms with E-state index in [0.29, 0.717) is 38.9 Å². The molecule has 0 fully saturated rings. The van der Waals surface area contributed by atoms with Gasteiger partial charge in [-0.3, -0.25) is 0 Å². The molecule has 0 aromatic heterocycles. The van der Waals surface area contributed by atoms with Crippen LogP contribution in [0.15, 0.2) is 98.7 Å². The van der Waals surface area contributed by atoms with Gasteiger partial charge in [-0.25, -0.2) is 19.2 Å². The average molecular weight is 1260 g/mol. The Morgan fingerprint density at radius 3 is 0.610 bits per heavy atom. The minimum Gasteiger partial charge on any atom is -0.481 e. The SMILES string of the molecule is C=C(O)OC(=O)C(=C)C.C=C(O)OC(=O)C(=C)C.C=C(O)OC(=O)C(=C)C.C=C(OC(=O)C(=C)C)O[Si](CCCOC)(OC)OC.COCCC[Si](OC)(OC)OC.COCCC[Si](OC)(OC)OC.COCCC[Si](OC)(OC)OC. The summed E-state index contributed by atoms with van der Waals surface area (Å²) in [6.45, 7) is 34.3. The Balaban J connectivity index is -0.000000163. The number of rotatable bonds is 37. The van der Waals surface area contributed by atoms with Gasteiger partial charge in [0.15, 0.2) is 0 Å². The molecular weight excluding hydrogens is 1160 g/mol. The van der Waals surface area contributed by atoms with Crippen molar-refractivity contribution < 1.29 is 126 Å². The molecule has 0 aliphatic heterocycles. The van der Waals surface area contributed by atoms with E-state index in [1.807, 2.05) is 0 Å². The van der Waals surface area contributed by atoms with Crippen molar-refractivity contribution in [3.05, 3.63) is 98.7 Å². The molecule has 0 unspecified atom stereocenters. The Labute approximate surface area is 492 Å². The summed E-state index contributed by atoms with van der Waals surface area (Å²) in [6.07, 6.45) is 3.40. The molecule has 0 radical (unpaired) electrons. The van der Waals surface area contributed by atoms with Crippen molar-refractivity contribution in [1.29, 1.82) is 0 Å². The van der Waals surface area contributed by atoms with Gasteiger partial charge < -0.3 is 106 Å². The Hall–Kier alpha value is -4.73. The Kier molecular flexibility index (Phi) is 63.0. The lowest BCUT2D eigenvalue weighted by atomic mass is 10.4. The van der Waals surface area contributed by atoms with Gasteiger partial charge in [0.2, 0.25) is 0 Å². The number of esters is 4. The number of methoxy groups -OCH3 is 4. The maximum atomic E-state index is 11.3. The summed E-state index contributed by atoms with van der Waals surface area (Å²) in [4.78, 5) is 42.6. The highest BCUT2D eigenvalue weighted by Gasteiger charge is 2.42. The predicted molar refractivity (Wildman–Crippen MR) is 314 cm³/mol. The lowest BCUT2D eigenvalue weighted by Crippen LogP contribution is -2.44. The molecule has 0 aromatic carbocycles. The lowest BCUT2D eigenvalue weighted by molar-refractivity contribution is -0.139. The molecule has 482 valence electrons. The molecule has 3 N–H and O–H groups in total. The van der Waals surface area contributed by atoms with Gasteiger partial charge in [0, 0.05) is 180 Å². The van der Waals surface area contributed by atoms with E-state index < -0.39 is 76.9 Å². The monoisotopic (exact) mass is 1260 g/mol. The van der Waals surface area contributed by atoms with Crippen LogP contribution in [0.2, 0.25) is 24.2 Å². The van der Waals surface area contributed by atoms with Crippen LogP contribution in [0.4, 0.5) is 0 Å².